The number of benzene rings is 1. The minimum atomic E-state index is -0.964. The van der Waals surface area contributed by atoms with Crippen LogP contribution in [-0.2, 0) is 4.79 Å². The number of carboxylic acid groups (broad SMARTS) is 1. The zero-order valence-electron chi connectivity index (χ0n) is 14.9. The smallest absolute Gasteiger partial charge is 0.327 e. The third-order valence-electron chi connectivity index (χ3n) is 4.27. The molecule has 0 saturated carbocycles. The molecule has 2 rings (SSSR count). The zero-order chi connectivity index (χ0) is 18.4. The fraction of sp³-hybridized carbons (Fsp3) is 0.556. The topological polar surface area (TPSA) is 76.1 Å². The van der Waals surface area contributed by atoms with Gasteiger partial charge >= 0.3 is 5.97 Å². The molecule has 1 aromatic rings. The number of nitrogens with zero attached hydrogens (tertiary/aromatic N) is 1. The van der Waals surface area contributed by atoms with Gasteiger partial charge in [0.1, 0.15) is 17.5 Å². The first-order valence-electron chi connectivity index (χ1n) is 8.42. The molecule has 1 saturated heterocycles. The van der Waals surface area contributed by atoms with Crippen molar-refractivity contribution in [2.24, 2.45) is 0 Å². The highest BCUT2D eigenvalue weighted by Gasteiger charge is 2.41. The van der Waals surface area contributed by atoms with Crippen molar-refractivity contribution in [1.82, 2.24) is 4.90 Å². The summed E-state index contributed by atoms with van der Waals surface area (Å²) >= 11 is 1.54. The van der Waals surface area contributed by atoms with Crippen LogP contribution in [0, 0.1) is 0 Å². The molecule has 0 aliphatic carbocycles. The van der Waals surface area contributed by atoms with Gasteiger partial charge < -0.3 is 19.5 Å². The van der Waals surface area contributed by atoms with Crippen LogP contribution in [0.15, 0.2) is 18.2 Å². The molecule has 0 spiro atoms. The average Bonchev–Trinajstić information content (AvgIpc) is 3.04. The third kappa shape index (κ3) is 4.60. The summed E-state index contributed by atoms with van der Waals surface area (Å²) in [5.74, 6) is 0.164. The van der Waals surface area contributed by atoms with Gasteiger partial charge in [-0.1, -0.05) is 26.2 Å². The van der Waals surface area contributed by atoms with Crippen LogP contribution in [0.2, 0.25) is 0 Å². The summed E-state index contributed by atoms with van der Waals surface area (Å²) in [7, 11) is 3.03. The molecule has 0 bridgehead atoms. The predicted octanol–water partition coefficient (Wildman–Crippen LogP) is 3.25. The first kappa shape index (κ1) is 19.4. The molecule has 0 radical (unpaired) electrons. The molecule has 0 unspecified atom stereocenters. The lowest BCUT2D eigenvalue weighted by Crippen LogP contribution is -2.45. The number of aliphatic carboxylic acids is 1. The number of thioether (sulfide) groups is 1. The number of rotatable bonds is 8. The number of methoxy groups -OCH3 is 2. The van der Waals surface area contributed by atoms with Crippen LogP contribution < -0.4 is 9.47 Å². The number of carbonyl (C=O) groups is 2. The summed E-state index contributed by atoms with van der Waals surface area (Å²) < 4.78 is 10.4. The van der Waals surface area contributed by atoms with Gasteiger partial charge in [-0.2, -0.15) is 0 Å². The van der Waals surface area contributed by atoms with Gasteiger partial charge in [-0.3, -0.25) is 4.79 Å². The fourth-order valence-corrected chi connectivity index (χ4v) is 4.34. The molecule has 6 nitrogen and oxygen atoms in total. The second-order valence-corrected chi connectivity index (χ2v) is 7.16. The molecule has 2 atom stereocenters. The van der Waals surface area contributed by atoms with Crippen molar-refractivity contribution >= 4 is 23.6 Å². The van der Waals surface area contributed by atoms with Gasteiger partial charge in [0.2, 0.25) is 0 Å². The summed E-state index contributed by atoms with van der Waals surface area (Å²) in [5, 5.41) is 9.40. The van der Waals surface area contributed by atoms with E-state index in [1.54, 1.807) is 30.0 Å². The lowest BCUT2D eigenvalue weighted by Gasteiger charge is -2.27. The van der Waals surface area contributed by atoms with Gasteiger partial charge in [-0.15, -0.1) is 11.8 Å². The Morgan fingerprint density at radius 2 is 1.84 bits per heavy atom. The van der Waals surface area contributed by atoms with Crippen molar-refractivity contribution in [3.63, 3.8) is 0 Å². The molecule has 1 amide bonds. The van der Waals surface area contributed by atoms with Crippen LogP contribution in [0.1, 0.15) is 43.0 Å². The highest BCUT2D eigenvalue weighted by atomic mass is 32.2. The minimum absolute atomic E-state index is 0.114. The SMILES string of the molecule is CCCCC[C@@H]1SC[C@H](C(=O)O)N1C(=O)c1cc(OC)cc(OC)c1. The van der Waals surface area contributed by atoms with Gasteiger partial charge in [-0.05, 0) is 18.6 Å². The van der Waals surface area contributed by atoms with Gasteiger partial charge in [0, 0.05) is 17.4 Å². The largest absolute Gasteiger partial charge is 0.497 e. The molecule has 1 heterocycles. The third-order valence-corrected chi connectivity index (χ3v) is 5.62. The van der Waals surface area contributed by atoms with E-state index in [-0.39, 0.29) is 11.3 Å². The molecule has 25 heavy (non-hydrogen) atoms. The number of carbonyl (C=O) groups excluding carboxylic acids is 1. The number of ether oxygens (including phenoxy) is 2. The Balaban J connectivity index is 2.29. The van der Waals surface area contributed by atoms with E-state index in [0.29, 0.717) is 22.8 Å². The second kappa shape index (κ2) is 8.99. The molecule has 1 aliphatic heterocycles. The number of hydrogen-bond acceptors (Lipinski definition) is 5. The van der Waals surface area contributed by atoms with Crippen molar-refractivity contribution in [2.75, 3.05) is 20.0 Å². The standard InChI is InChI=1S/C18H25NO5S/c1-4-5-6-7-16-19(15(11-25-16)18(21)22)17(20)12-8-13(23-2)10-14(9-12)24-3/h8-10,15-16H,4-7,11H2,1-3H3,(H,21,22)/t15-,16+/m1/s1. The normalized spacial score (nSPS) is 19.7. The van der Waals surface area contributed by atoms with E-state index >= 15 is 0 Å². The molecular formula is C18H25NO5S. The Bertz CT molecular complexity index is 599. The first-order valence-corrected chi connectivity index (χ1v) is 9.46. The number of amides is 1. The van der Waals surface area contributed by atoms with E-state index in [1.165, 1.54) is 19.1 Å². The van der Waals surface area contributed by atoms with Gasteiger partial charge in [-0.25, -0.2) is 4.79 Å². The fourth-order valence-electron chi connectivity index (χ4n) is 2.90. The van der Waals surface area contributed by atoms with Crippen molar-refractivity contribution in [1.29, 1.82) is 0 Å². The van der Waals surface area contributed by atoms with Crippen LogP contribution in [0.3, 0.4) is 0 Å². The maximum atomic E-state index is 13.1. The molecule has 1 aromatic carbocycles. The quantitative estimate of drug-likeness (QED) is 0.711. The van der Waals surface area contributed by atoms with Crippen LogP contribution in [-0.4, -0.2) is 53.3 Å². The lowest BCUT2D eigenvalue weighted by molar-refractivity contribution is -0.141. The summed E-state index contributed by atoms with van der Waals surface area (Å²) in [5.41, 5.74) is 0.380. The van der Waals surface area contributed by atoms with E-state index in [9.17, 15) is 14.7 Å². The lowest BCUT2D eigenvalue weighted by atomic mass is 10.1. The maximum absolute atomic E-state index is 13.1. The van der Waals surface area contributed by atoms with Gasteiger partial charge in [0.15, 0.2) is 0 Å². The Hall–Kier alpha value is -1.89. The molecule has 1 fully saturated rings. The number of carboxylic acids is 1. The van der Waals surface area contributed by atoms with E-state index in [0.717, 1.165) is 25.7 Å². The van der Waals surface area contributed by atoms with Crippen molar-refractivity contribution in [3.05, 3.63) is 23.8 Å². The summed E-state index contributed by atoms with van der Waals surface area (Å²) in [4.78, 5) is 26.2. The molecule has 0 aromatic heterocycles. The van der Waals surface area contributed by atoms with Crippen molar-refractivity contribution < 1.29 is 24.2 Å². The van der Waals surface area contributed by atoms with Crippen LogP contribution in [0.25, 0.3) is 0 Å². The molecule has 7 heteroatoms. The maximum Gasteiger partial charge on any atom is 0.327 e. The number of unbranched alkanes of at least 4 members (excludes halogenated alkanes) is 2. The predicted molar refractivity (Wildman–Crippen MR) is 97.5 cm³/mol. The molecular weight excluding hydrogens is 342 g/mol. The van der Waals surface area contributed by atoms with Crippen molar-refractivity contribution in [2.45, 2.75) is 44.0 Å². The van der Waals surface area contributed by atoms with Crippen LogP contribution in [0.4, 0.5) is 0 Å². The first-order chi connectivity index (χ1) is 12.0. The Morgan fingerprint density at radius 1 is 1.20 bits per heavy atom. The Labute approximate surface area is 152 Å². The Morgan fingerprint density at radius 3 is 2.36 bits per heavy atom. The molecule has 1 N–H and O–H groups in total. The summed E-state index contributed by atoms with van der Waals surface area (Å²) in [6.07, 6.45) is 3.94. The summed E-state index contributed by atoms with van der Waals surface area (Å²) in [6.45, 7) is 2.12. The molecule has 138 valence electrons. The average molecular weight is 367 g/mol. The van der Waals surface area contributed by atoms with Gasteiger partial charge in [0.25, 0.3) is 5.91 Å². The number of hydrogen-bond donors (Lipinski definition) is 1. The van der Waals surface area contributed by atoms with E-state index in [4.69, 9.17) is 9.47 Å². The van der Waals surface area contributed by atoms with E-state index < -0.39 is 12.0 Å². The zero-order valence-corrected chi connectivity index (χ0v) is 15.7. The molecule has 1 aliphatic rings. The minimum Gasteiger partial charge on any atom is -0.497 e. The van der Waals surface area contributed by atoms with Crippen molar-refractivity contribution in [3.8, 4) is 11.5 Å². The van der Waals surface area contributed by atoms with Gasteiger partial charge in [0.05, 0.1) is 19.6 Å². The summed E-state index contributed by atoms with van der Waals surface area (Å²) in [6, 6.07) is 4.12. The monoisotopic (exact) mass is 367 g/mol. The van der Waals surface area contributed by atoms with E-state index in [2.05, 4.69) is 6.92 Å². The van der Waals surface area contributed by atoms with Crippen LogP contribution >= 0.6 is 11.8 Å². The highest BCUT2D eigenvalue weighted by Crippen LogP contribution is 2.35. The van der Waals surface area contributed by atoms with Crippen LogP contribution in [0.5, 0.6) is 11.5 Å². The van der Waals surface area contributed by atoms with E-state index in [1.807, 2.05) is 0 Å². The highest BCUT2D eigenvalue weighted by molar-refractivity contribution is 8.00. The second-order valence-electron chi connectivity index (χ2n) is 5.95. The Kier molecular flexibility index (Phi) is 6.99.